The van der Waals surface area contributed by atoms with Crippen LogP contribution in [0.1, 0.15) is 5.56 Å². The minimum Gasteiger partial charge on any atom is -0.423 e. The van der Waals surface area contributed by atoms with Gasteiger partial charge in [-0.05, 0) is 36.4 Å². The zero-order valence-corrected chi connectivity index (χ0v) is 15.8. The number of fused-ring (bicyclic) bond motifs is 1. The second-order valence-corrected chi connectivity index (χ2v) is 8.03. The lowest BCUT2D eigenvalue weighted by molar-refractivity contribution is -0.376. The molecular weight excluding hydrogens is 456 g/mol. The van der Waals surface area contributed by atoms with Crippen molar-refractivity contribution in [1.82, 2.24) is 0 Å². The predicted octanol–water partition coefficient (Wildman–Crippen LogP) is 3.91. The average Bonchev–Trinajstić information content (AvgIpc) is 2.65. The van der Waals surface area contributed by atoms with Gasteiger partial charge in [-0.25, -0.2) is 13.2 Å². The SMILES string of the molecule is O=c1ccc2cc(S(=O)(=O)Nc3ccc(C(O)(C(F)(F)F)C(F)(F)F)cc3)ccc2o1. The second-order valence-electron chi connectivity index (χ2n) is 6.34. The first-order chi connectivity index (χ1) is 14.1. The quantitative estimate of drug-likeness (QED) is 0.448. The van der Waals surface area contributed by atoms with Crippen LogP contribution in [-0.2, 0) is 15.6 Å². The summed E-state index contributed by atoms with van der Waals surface area (Å²) in [6.07, 6.45) is -12.1. The number of aliphatic hydroxyl groups is 1. The molecular formula is C18H11F6NO5S. The van der Waals surface area contributed by atoms with E-state index in [9.17, 15) is 44.7 Å². The summed E-state index contributed by atoms with van der Waals surface area (Å²) in [5.41, 5.74) is -7.56. The standard InChI is InChI=1S/C18H11F6NO5S/c19-17(20,21)16(27,18(22,23)24)11-2-4-12(5-3-11)25-31(28,29)13-6-7-14-10(9-13)1-8-15(26)30-14/h1-9,25,27H. The van der Waals surface area contributed by atoms with Gasteiger partial charge in [-0.3, -0.25) is 4.72 Å². The average molecular weight is 467 g/mol. The van der Waals surface area contributed by atoms with E-state index in [1.807, 2.05) is 4.72 Å². The third-order valence-electron chi connectivity index (χ3n) is 4.28. The lowest BCUT2D eigenvalue weighted by Crippen LogP contribution is -2.53. The predicted molar refractivity (Wildman–Crippen MR) is 95.7 cm³/mol. The van der Waals surface area contributed by atoms with E-state index < -0.39 is 39.2 Å². The van der Waals surface area contributed by atoms with Gasteiger partial charge in [-0.2, -0.15) is 26.3 Å². The van der Waals surface area contributed by atoms with Crippen molar-refractivity contribution in [1.29, 1.82) is 0 Å². The zero-order valence-electron chi connectivity index (χ0n) is 15.0. The molecule has 0 spiro atoms. The van der Waals surface area contributed by atoms with Gasteiger partial charge in [0, 0.05) is 22.7 Å². The highest BCUT2D eigenvalue weighted by Crippen LogP contribution is 2.50. The Morgan fingerprint density at radius 3 is 1.97 bits per heavy atom. The van der Waals surface area contributed by atoms with Crippen molar-refractivity contribution in [2.75, 3.05) is 4.72 Å². The Morgan fingerprint density at radius 1 is 0.839 bits per heavy atom. The Balaban J connectivity index is 1.93. The lowest BCUT2D eigenvalue weighted by Gasteiger charge is -2.32. The number of alkyl halides is 6. The number of rotatable bonds is 4. The minimum atomic E-state index is -6.06. The number of hydrogen-bond acceptors (Lipinski definition) is 5. The first kappa shape index (κ1) is 22.6. The number of hydrogen-bond donors (Lipinski definition) is 2. The molecule has 3 aromatic rings. The smallest absolute Gasteiger partial charge is 0.423 e. The zero-order chi connectivity index (χ0) is 23.2. The molecule has 0 saturated carbocycles. The Kier molecular flexibility index (Phi) is 5.30. The number of nitrogens with one attached hydrogen (secondary N) is 1. The monoisotopic (exact) mass is 467 g/mol. The first-order valence-electron chi connectivity index (χ1n) is 8.18. The summed E-state index contributed by atoms with van der Waals surface area (Å²) in [7, 11) is -4.30. The van der Waals surface area contributed by atoms with Gasteiger partial charge in [0.05, 0.1) is 4.90 Å². The van der Waals surface area contributed by atoms with E-state index in [0.717, 1.165) is 18.2 Å². The van der Waals surface area contributed by atoms with Crippen LogP contribution < -0.4 is 10.3 Å². The molecule has 3 rings (SSSR count). The van der Waals surface area contributed by atoms with Crippen molar-refractivity contribution < 1.29 is 44.3 Å². The largest absolute Gasteiger partial charge is 0.430 e. The van der Waals surface area contributed by atoms with Gasteiger partial charge < -0.3 is 9.52 Å². The van der Waals surface area contributed by atoms with E-state index in [-0.39, 0.29) is 21.6 Å². The van der Waals surface area contributed by atoms with E-state index in [1.165, 1.54) is 12.1 Å². The van der Waals surface area contributed by atoms with E-state index in [2.05, 4.69) is 0 Å². The summed E-state index contributed by atoms with van der Waals surface area (Å²) >= 11 is 0. The molecule has 166 valence electrons. The molecule has 0 unspecified atom stereocenters. The summed E-state index contributed by atoms with van der Waals surface area (Å²) in [5, 5.41) is 9.62. The Labute approximate surface area is 169 Å². The normalized spacial score (nSPS) is 13.4. The van der Waals surface area contributed by atoms with Crippen LogP contribution in [0.4, 0.5) is 32.0 Å². The minimum absolute atomic E-state index is 0.106. The molecule has 2 aromatic carbocycles. The van der Waals surface area contributed by atoms with Crippen LogP contribution in [0, 0.1) is 0 Å². The lowest BCUT2D eigenvalue weighted by atomic mass is 9.92. The molecule has 0 saturated heterocycles. The maximum atomic E-state index is 12.9. The van der Waals surface area contributed by atoms with Gasteiger partial charge in [0.15, 0.2) is 0 Å². The molecule has 13 heteroatoms. The number of halogens is 6. The third-order valence-corrected chi connectivity index (χ3v) is 5.66. The molecule has 0 atom stereocenters. The van der Waals surface area contributed by atoms with Crippen LogP contribution in [0.2, 0.25) is 0 Å². The molecule has 6 nitrogen and oxygen atoms in total. The fourth-order valence-corrected chi connectivity index (χ4v) is 3.79. The van der Waals surface area contributed by atoms with E-state index in [4.69, 9.17) is 4.42 Å². The highest BCUT2D eigenvalue weighted by atomic mass is 32.2. The molecule has 0 aliphatic heterocycles. The van der Waals surface area contributed by atoms with Crippen molar-refractivity contribution in [2.24, 2.45) is 0 Å². The van der Waals surface area contributed by atoms with Crippen molar-refractivity contribution in [2.45, 2.75) is 22.8 Å². The number of benzene rings is 2. The highest BCUT2D eigenvalue weighted by molar-refractivity contribution is 7.92. The van der Waals surface area contributed by atoms with Gasteiger partial charge in [0.2, 0.25) is 0 Å². The van der Waals surface area contributed by atoms with Crippen molar-refractivity contribution in [3.63, 3.8) is 0 Å². The molecule has 0 radical (unpaired) electrons. The molecule has 0 fully saturated rings. The van der Waals surface area contributed by atoms with Crippen LogP contribution in [0.3, 0.4) is 0 Å². The van der Waals surface area contributed by atoms with Crippen LogP contribution >= 0.6 is 0 Å². The molecule has 0 amide bonds. The van der Waals surface area contributed by atoms with Crippen LogP contribution in [0.5, 0.6) is 0 Å². The summed E-state index contributed by atoms with van der Waals surface area (Å²) in [6, 6.07) is 7.75. The summed E-state index contributed by atoms with van der Waals surface area (Å²) in [6.45, 7) is 0. The summed E-state index contributed by atoms with van der Waals surface area (Å²) in [4.78, 5) is 10.9. The maximum absolute atomic E-state index is 12.9. The Morgan fingerprint density at radius 2 is 1.42 bits per heavy atom. The summed E-state index contributed by atoms with van der Waals surface area (Å²) in [5.74, 6) is 0. The molecule has 0 bridgehead atoms. The Bertz CT molecular complexity index is 1270. The number of sulfonamides is 1. The molecule has 0 aliphatic carbocycles. The van der Waals surface area contributed by atoms with E-state index in [0.29, 0.717) is 24.3 Å². The fraction of sp³-hybridized carbons (Fsp3) is 0.167. The summed E-state index contributed by atoms with van der Waals surface area (Å²) < 4.78 is 109. The second kappa shape index (κ2) is 7.27. The van der Waals surface area contributed by atoms with Crippen molar-refractivity contribution >= 4 is 26.7 Å². The van der Waals surface area contributed by atoms with Gasteiger partial charge in [-0.15, -0.1) is 0 Å². The van der Waals surface area contributed by atoms with E-state index >= 15 is 0 Å². The van der Waals surface area contributed by atoms with Gasteiger partial charge in [0.25, 0.3) is 15.6 Å². The first-order valence-corrected chi connectivity index (χ1v) is 9.66. The molecule has 0 aliphatic rings. The van der Waals surface area contributed by atoms with Gasteiger partial charge >= 0.3 is 18.0 Å². The van der Waals surface area contributed by atoms with Crippen molar-refractivity contribution in [3.05, 3.63) is 70.6 Å². The van der Waals surface area contributed by atoms with Crippen LogP contribution in [-0.4, -0.2) is 25.9 Å². The number of anilines is 1. The van der Waals surface area contributed by atoms with Gasteiger partial charge in [-0.1, -0.05) is 12.1 Å². The topological polar surface area (TPSA) is 96.6 Å². The van der Waals surface area contributed by atoms with Crippen LogP contribution in [0.15, 0.2) is 68.7 Å². The fourth-order valence-electron chi connectivity index (χ4n) is 2.70. The van der Waals surface area contributed by atoms with Crippen molar-refractivity contribution in [3.8, 4) is 0 Å². The highest BCUT2D eigenvalue weighted by Gasteiger charge is 2.71. The van der Waals surface area contributed by atoms with Gasteiger partial charge in [0.1, 0.15) is 5.58 Å². The van der Waals surface area contributed by atoms with Crippen LogP contribution in [0.25, 0.3) is 11.0 Å². The van der Waals surface area contributed by atoms with E-state index in [1.54, 1.807) is 0 Å². The maximum Gasteiger partial charge on any atom is 0.430 e. The molecule has 2 N–H and O–H groups in total. The molecule has 1 aromatic heterocycles. The molecule has 1 heterocycles. The Hall–Kier alpha value is -3.06. The third kappa shape index (κ3) is 4.10. The molecule has 31 heavy (non-hydrogen) atoms.